The minimum Gasteiger partial charge on any atom is -0.457 e. The van der Waals surface area contributed by atoms with Gasteiger partial charge in [-0.05, 0) is 42.0 Å². The van der Waals surface area contributed by atoms with Crippen LogP contribution in [0.5, 0.6) is 11.5 Å². The van der Waals surface area contributed by atoms with Crippen LogP contribution in [0.15, 0.2) is 71.2 Å². The Balaban J connectivity index is 1.42. The molecule has 2 atom stereocenters. The third kappa shape index (κ3) is 6.42. The van der Waals surface area contributed by atoms with E-state index >= 15 is 0 Å². The minimum atomic E-state index is -4.68. The number of benzene rings is 3. The highest BCUT2D eigenvalue weighted by atomic mass is 79.9. The topological polar surface area (TPSA) is 111 Å². The highest BCUT2D eigenvalue weighted by Gasteiger charge is 2.47. The first-order valence-corrected chi connectivity index (χ1v) is 13.3. The second-order valence-electron chi connectivity index (χ2n) is 9.01. The van der Waals surface area contributed by atoms with Gasteiger partial charge >= 0.3 is 6.18 Å². The van der Waals surface area contributed by atoms with Gasteiger partial charge in [-0.2, -0.15) is 18.3 Å². The van der Waals surface area contributed by atoms with Gasteiger partial charge < -0.3 is 15.4 Å². The number of fused-ring (bicyclic) bond motifs is 1. The lowest BCUT2D eigenvalue weighted by Crippen LogP contribution is -2.35. The van der Waals surface area contributed by atoms with E-state index in [9.17, 15) is 28.1 Å². The molecule has 15 heteroatoms. The smallest absolute Gasteiger partial charge is 0.410 e. The summed E-state index contributed by atoms with van der Waals surface area (Å²) in [7, 11) is 0. The summed E-state index contributed by atoms with van der Waals surface area (Å²) in [6.45, 7) is 0. The highest BCUT2D eigenvalue weighted by molar-refractivity contribution is 9.10. The maximum absolute atomic E-state index is 14.1. The van der Waals surface area contributed by atoms with Crippen LogP contribution in [-0.2, 0) is 0 Å². The van der Waals surface area contributed by atoms with E-state index in [-0.39, 0.29) is 38.7 Å². The zero-order chi connectivity index (χ0) is 29.5. The number of aromatic nitrogens is 2. The molecular formula is C26H17BrCl2F3N5O4. The van der Waals surface area contributed by atoms with Crippen LogP contribution >= 0.6 is 39.1 Å². The van der Waals surface area contributed by atoms with E-state index in [0.29, 0.717) is 16.0 Å². The molecule has 0 radical (unpaired) electrons. The van der Waals surface area contributed by atoms with Gasteiger partial charge in [0.05, 0.1) is 32.8 Å². The van der Waals surface area contributed by atoms with Crippen LogP contribution in [0.3, 0.4) is 0 Å². The number of non-ortho nitro benzene ring substituents is 1. The SMILES string of the molecule is O=C(Nc1cc(Oc2ccc(Br)cc2)cc([N+](=O)[O-])c1)c1cc2n(n1)[C@@H](C(F)(F)F)C[C@@H](c1ccc(Cl)c(Cl)c1)N2. The van der Waals surface area contributed by atoms with Crippen LogP contribution in [0, 0.1) is 10.1 Å². The monoisotopic (exact) mass is 669 g/mol. The van der Waals surface area contributed by atoms with Crippen molar-refractivity contribution in [3.8, 4) is 11.5 Å². The number of anilines is 2. The molecule has 0 saturated heterocycles. The van der Waals surface area contributed by atoms with Gasteiger partial charge in [0.25, 0.3) is 11.6 Å². The van der Waals surface area contributed by atoms with E-state index in [0.717, 1.165) is 10.5 Å². The second kappa shape index (κ2) is 11.2. The van der Waals surface area contributed by atoms with Crippen molar-refractivity contribution in [2.45, 2.75) is 24.7 Å². The van der Waals surface area contributed by atoms with Crippen LogP contribution in [-0.4, -0.2) is 26.8 Å². The van der Waals surface area contributed by atoms with Gasteiger partial charge in [0.1, 0.15) is 17.3 Å². The Hall–Kier alpha value is -3.81. The Morgan fingerprint density at radius 2 is 1.80 bits per heavy atom. The summed E-state index contributed by atoms with van der Waals surface area (Å²) in [4.78, 5) is 23.9. The van der Waals surface area contributed by atoms with Crippen LogP contribution < -0.4 is 15.4 Å². The standard InChI is InChI=1S/C26H17BrCl2F3N5O4/c27-14-2-4-17(5-3-14)41-18-9-15(8-16(10-18)37(39)40)33-25(38)22-12-24-34-21(13-1-6-19(28)20(29)7-13)11-23(26(30,31)32)36(24)35-22/h1-10,12,21,23,34H,11H2,(H,33,38)/t21-,23+/m0/s1. The fraction of sp³-hybridized carbons (Fsp3) is 0.154. The van der Waals surface area contributed by atoms with Gasteiger partial charge in [-0.15, -0.1) is 0 Å². The molecule has 0 spiro atoms. The fourth-order valence-electron chi connectivity index (χ4n) is 4.29. The Morgan fingerprint density at radius 3 is 2.46 bits per heavy atom. The minimum absolute atomic E-state index is 0.0173. The molecule has 0 aliphatic carbocycles. The number of hydrogen-bond donors (Lipinski definition) is 2. The van der Waals surface area contributed by atoms with E-state index in [1.165, 1.54) is 30.3 Å². The van der Waals surface area contributed by atoms with E-state index in [4.69, 9.17) is 27.9 Å². The quantitative estimate of drug-likeness (QED) is 0.157. The van der Waals surface area contributed by atoms with Gasteiger partial charge in [0.15, 0.2) is 11.7 Å². The molecule has 9 nitrogen and oxygen atoms in total. The fourth-order valence-corrected chi connectivity index (χ4v) is 4.86. The number of rotatable bonds is 6. The Bertz CT molecular complexity index is 1650. The second-order valence-corrected chi connectivity index (χ2v) is 10.7. The number of carbonyl (C=O) groups is 1. The van der Waals surface area contributed by atoms with Crippen molar-refractivity contribution in [1.82, 2.24) is 9.78 Å². The number of carbonyl (C=O) groups excluding carboxylic acids is 1. The lowest BCUT2D eigenvalue weighted by Gasteiger charge is -2.33. The van der Waals surface area contributed by atoms with Crippen LogP contribution in [0.25, 0.3) is 0 Å². The first kappa shape index (κ1) is 28.7. The third-order valence-corrected chi connectivity index (χ3v) is 7.45. The summed E-state index contributed by atoms with van der Waals surface area (Å²) in [6, 6.07) is 13.2. The largest absolute Gasteiger partial charge is 0.457 e. The van der Waals surface area contributed by atoms with Crippen molar-refractivity contribution in [2.24, 2.45) is 0 Å². The van der Waals surface area contributed by atoms with Gasteiger partial charge in [-0.1, -0.05) is 45.2 Å². The molecule has 0 fully saturated rings. The number of nitro benzene ring substituents is 1. The number of amides is 1. The summed E-state index contributed by atoms with van der Waals surface area (Å²) in [6.07, 6.45) is -5.09. The highest BCUT2D eigenvalue weighted by Crippen LogP contribution is 2.44. The zero-order valence-electron chi connectivity index (χ0n) is 20.5. The van der Waals surface area contributed by atoms with Crippen molar-refractivity contribution in [3.63, 3.8) is 0 Å². The predicted molar refractivity (Wildman–Crippen MR) is 150 cm³/mol. The average Bonchev–Trinajstić information content (AvgIpc) is 3.35. The molecular weight excluding hydrogens is 654 g/mol. The van der Waals surface area contributed by atoms with Crippen LogP contribution in [0.1, 0.15) is 34.6 Å². The van der Waals surface area contributed by atoms with Gasteiger partial charge in [-0.3, -0.25) is 14.9 Å². The number of nitrogens with one attached hydrogen (secondary N) is 2. The van der Waals surface area contributed by atoms with E-state index in [1.54, 1.807) is 30.3 Å². The summed E-state index contributed by atoms with van der Waals surface area (Å²) in [5.74, 6) is -0.480. The maximum Gasteiger partial charge on any atom is 0.410 e. The first-order valence-electron chi connectivity index (χ1n) is 11.8. The molecule has 1 aromatic heterocycles. The molecule has 0 bridgehead atoms. The third-order valence-electron chi connectivity index (χ3n) is 6.18. The van der Waals surface area contributed by atoms with Crippen molar-refractivity contribution in [2.75, 3.05) is 10.6 Å². The number of hydrogen-bond acceptors (Lipinski definition) is 6. The van der Waals surface area contributed by atoms with Crippen molar-refractivity contribution in [3.05, 3.63) is 103 Å². The number of halogens is 6. The van der Waals surface area contributed by atoms with Gasteiger partial charge in [-0.25, -0.2) is 4.68 Å². The summed E-state index contributed by atoms with van der Waals surface area (Å²) >= 11 is 15.3. The van der Waals surface area contributed by atoms with Crippen molar-refractivity contribution in [1.29, 1.82) is 0 Å². The van der Waals surface area contributed by atoms with Crippen LogP contribution in [0.4, 0.5) is 30.4 Å². The molecule has 2 heterocycles. The van der Waals surface area contributed by atoms with Crippen molar-refractivity contribution >= 4 is 62.2 Å². The molecule has 0 saturated carbocycles. The molecule has 1 aliphatic heterocycles. The summed E-state index contributed by atoms with van der Waals surface area (Å²) in [5.41, 5.74) is -0.251. The van der Waals surface area contributed by atoms with Crippen LogP contribution in [0.2, 0.25) is 10.0 Å². The van der Waals surface area contributed by atoms with E-state index < -0.39 is 35.5 Å². The molecule has 1 amide bonds. The molecule has 41 heavy (non-hydrogen) atoms. The van der Waals surface area contributed by atoms with E-state index in [2.05, 4.69) is 31.7 Å². The normalized spacial score (nSPS) is 16.4. The number of nitro groups is 1. The predicted octanol–water partition coefficient (Wildman–Crippen LogP) is 8.57. The van der Waals surface area contributed by atoms with Gasteiger partial charge in [0, 0.05) is 29.1 Å². The van der Waals surface area contributed by atoms with E-state index in [1.807, 2.05) is 0 Å². The molecule has 5 rings (SSSR count). The molecule has 212 valence electrons. The number of ether oxygens (including phenoxy) is 1. The number of alkyl halides is 3. The Kier molecular flexibility index (Phi) is 7.86. The Labute approximate surface area is 248 Å². The molecule has 0 unspecified atom stereocenters. The molecule has 4 aromatic rings. The van der Waals surface area contributed by atoms with Gasteiger partial charge in [0.2, 0.25) is 0 Å². The molecule has 2 N–H and O–H groups in total. The molecule has 3 aromatic carbocycles. The lowest BCUT2D eigenvalue weighted by molar-refractivity contribution is -0.384. The first-order chi connectivity index (χ1) is 19.4. The maximum atomic E-state index is 14.1. The lowest BCUT2D eigenvalue weighted by atomic mass is 9.97. The Morgan fingerprint density at radius 1 is 1.07 bits per heavy atom. The summed E-state index contributed by atoms with van der Waals surface area (Å²) < 4.78 is 49.4. The zero-order valence-corrected chi connectivity index (χ0v) is 23.6. The average molecular weight is 671 g/mol. The number of nitrogens with zero attached hydrogens (tertiary/aromatic N) is 3. The summed E-state index contributed by atoms with van der Waals surface area (Å²) in [5, 5.41) is 21.3. The molecule has 1 aliphatic rings. The van der Waals surface area contributed by atoms with Crippen molar-refractivity contribution < 1.29 is 27.6 Å².